The second-order valence-corrected chi connectivity index (χ2v) is 5.98. The molecule has 0 aliphatic rings. The monoisotopic (exact) mass is 347 g/mol. The van der Waals surface area contributed by atoms with Crippen LogP contribution in [-0.2, 0) is 4.79 Å². The van der Waals surface area contributed by atoms with E-state index >= 15 is 0 Å². The second kappa shape index (κ2) is 6.76. The Morgan fingerprint density at radius 2 is 1.86 bits per heavy atom. The highest BCUT2D eigenvalue weighted by Crippen LogP contribution is 2.21. The maximum atomic E-state index is 12.0. The summed E-state index contributed by atoms with van der Waals surface area (Å²) in [6.45, 7) is 5.95. The van der Waals surface area contributed by atoms with Crippen LogP contribution in [0.5, 0.6) is 5.75 Å². The molecule has 2 rings (SSSR count). The van der Waals surface area contributed by atoms with Crippen LogP contribution >= 0.6 is 15.9 Å². The highest BCUT2D eigenvalue weighted by atomic mass is 79.9. The molecule has 0 aliphatic carbocycles. The van der Waals surface area contributed by atoms with Crippen molar-refractivity contribution in [3.63, 3.8) is 0 Å². The predicted octanol–water partition coefficient (Wildman–Crippen LogP) is 4.39. The van der Waals surface area contributed by atoms with Crippen molar-refractivity contribution in [1.29, 1.82) is 0 Å². The minimum atomic E-state index is -0.166. The molecule has 4 heteroatoms. The van der Waals surface area contributed by atoms with Gasteiger partial charge >= 0.3 is 0 Å². The number of anilines is 1. The number of carbonyl (C=O) groups is 1. The smallest absolute Gasteiger partial charge is 0.262 e. The van der Waals surface area contributed by atoms with E-state index in [1.165, 1.54) is 5.56 Å². The normalized spacial score (nSPS) is 10.3. The topological polar surface area (TPSA) is 38.3 Å². The number of carbonyl (C=O) groups excluding carboxylic acids is 1. The first-order chi connectivity index (χ1) is 9.95. The molecule has 0 spiro atoms. The van der Waals surface area contributed by atoms with E-state index in [-0.39, 0.29) is 12.5 Å². The first kappa shape index (κ1) is 15.6. The Hall–Kier alpha value is -1.81. The summed E-state index contributed by atoms with van der Waals surface area (Å²) in [4.78, 5) is 12.0. The summed E-state index contributed by atoms with van der Waals surface area (Å²) in [5.41, 5.74) is 4.01. The number of aryl methyl sites for hydroxylation is 3. The Kier molecular flexibility index (Phi) is 5.02. The summed E-state index contributed by atoms with van der Waals surface area (Å²) >= 11 is 3.40. The quantitative estimate of drug-likeness (QED) is 0.890. The number of amides is 1. The summed E-state index contributed by atoms with van der Waals surface area (Å²) in [6, 6.07) is 11.6. The maximum Gasteiger partial charge on any atom is 0.262 e. The minimum Gasteiger partial charge on any atom is -0.483 e. The van der Waals surface area contributed by atoms with Crippen molar-refractivity contribution in [1.82, 2.24) is 0 Å². The van der Waals surface area contributed by atoms with E-state index in [2.05, 4.69) is 21.2 Å². The summed E-state index contributed by atoms with van der Waals surface area (Å²) < 4.78 is 6.56. The first-order valence-corrected chi connectivity index (χ1v) is 7.51. The molecule has 0 atom stereocenters. The zero-order valence-corrected chi connectivity index (χ0v) is 14.0. The maximum absolute atomic E-state index is 12.0. The van der Waals surface area contributed by atoms with Crippen molar-refractivity contribution in [2.24, 2.45) is 0 Å². The van der Waals surface area contributed by atoms with Gasteiger partial charge in [-0.2, -0.15) is 0 Å². The van der Waals surface area contributed by atoms with Gasteiger partial charge < -0.3 is 10.1 Å². The Balaban J connectivity index is 1.96. The Morgan fingerprint density at radius 1 is 1.10 bits per heavy atom. The molecule has 21 heavy (non-hydrogen) atoms. The van der Waals surface area contributed by atoms with E-state index in [1.54, 1.807) is 0 Å². The van der Waals surface area contributed by atoms with E-state index in [4.69, 9.17) is 4.74 Å². The van der Waals surface area contributed by atoms with E-state index in [0.29, 0.717) is 0 Å². The molecular weight excluding hydrogens is 330 g/mol. The fourth-order valence-electron chi connectivity index (χ4n) is 2.06. The van der Waals surface area contributed by atoms with E-state index in [1.807, 2.05) is 57.2 Å². The second-order valence-electron chi connectivity index (χ2n) is 5.07. The largest absolute Gasteiger partial charge is 0.483 e. The minimum absolute atomic E-state index is 0.000590. The van der Waals surface area contributed by atoms with Crippen LogP contribution in [0.25, 0.3) is 0 Å². The lowest BCUT2D eigenvalue weighted by atomic mass is 10.1. The third kappa shape index (κ3) is 4.33. The van der Waals surface area contributed by atoms with Crippen LogP contribution < -0.4 is 10.1 Å². The molecule has 0 fully saturated rings. The van der Waals surface area contributed by atoms with Crippen molar-refractivity contribution in [3.05, 3.63) is 57.6 Å². The molecule has 110 valence electrons. The lowest BCUT2D eigenvalue weighted by molar-refractivity contribution is -0.118. The highest BCUT2D eigenvalue weighted by Gasteiger charge is 2.07. The van der Waals surface area contributed by atoms with Crippen molar-refractivity contribution >= 4 is 27.5 Å². The number of ether oxygens (including phenoxy) is 1. The Bertz CT molecular complexity index is 668. The van der Waals surface area contributed by atoms with Gasteiger partial charge in [-0.15, -0.1) is 0 Å². The fourth-order valence-corrected chi connectivity index (χ4v) is 2.53. The SMILES string of the molecule is Cc1ccc(OCC(=O)Nc2ccc(Br)cc2C)c(C)c1. The number of rotatable bonds is 4. The molecular formula is C17H18BrNO2. The van der Waals surface area contributed by atoms with Crippen molar-refractivity contribution in [2.75, 3.05) is 11.9 Å². The molecule has 0 radical (unpaired) electrons. The molecule has 2 aromatic rings. The Labute approximate surface area is 133 Å². The molecule has 0 bridgehead atoms. The van der Waals surface area contributed by atoms with Crippen LogP contribution in [0.15, 0.2) is 40.9 Å². The van der Waals surface area contributed by atoms with E-state index in [9.17, 15) is 4.79 Å². The molecule has 0 heterocycles. The molecule has 3 nitrogen and oxygen atoms in total. The summed E-state index contributed by atoms with van der Waals surface area (Å²) in [5.74, 6) is 0.573. The lowest BCUT2D eigenvalue weighted by Gasteiger charge is -2.11. The standard InChI is InChI=1S/C17H18BrNO2/c1-11-4-7-16(13(3)8-11)21-10-17(20)19-15-6-5-14(18)9-12(15)2/h4-9H,10H2,1-3H3,(H,19,20). The average Bonchev–Trinajstić information content (AvgIpc) is 2.41. The van der Waals surface area contributed by atoms with E-state index < -0.39 is 0 Å². The van der Waals surface area contributed by atoms with Gasteiger partial charge in [0.05, 0.1) is 0 Å². The van der Waals surface area contributed by atoms with Crippen molar-refractivity contribution in [2.45, 2.75) is 20.8 Å². The van der Waals surface area contributed by atoms with Gasteiger partial charge in [-0.05, 0) is 56.2 Å². The van der Waals surface area contributed by atoms with Crippen LogP contribution in [0.2, 0.25) is 0 Å². The van der Waals surface area contributed by atoms with Gasteiger partial charge in [0.25, 0.3) is 5.91 Å². The summed E-state index contributed by atoms with van der Waals surface area (Å²) in [6.07, 6.45) is 0. The van der Waals surface area contributed by atoms with Crippen molar-refractivity contribution < 1.29 is 9.53 Å². The molecule has 0 aliphatic heterocycles. The van der Waals surface area contributed by atoms with Gasteiger partial charge in [-0.1, -0.05) is 33.6 Å². The molecule has 2 aromatic carbocycles. The number of hydrogen-bond acceptors (Lipinski definition) is 2. The van der Waals surface area contributed by atoms with Gasteiger partial charge in [0.1, 0.15) is 5.75 Å². The van der Waals surface area contributed by atoms with Gasteiger partial charge in [0.2, 0.25) is 0 Å². The van der Waals surface area contributed by atoms with Crippen LogP contribution in [0.4, 0.5) is 5.69 Å². The molecule has 0 unspecified atom stereocenters. The summed E-state index contributed by atoms with van der Waals surface area (Å²) in [7, 11) is 0. The fraction of sp³-hybridized carbons (Fsp3) is 0.235. The third-order valence-corrected chi connectivity index (χ3v) is 3.64. The predicted molar refractivity (Wildman–Crippen MR) is 88.9 cm³/mol. The van der Waals surface area contributed by atoms with Gasteiger partial charge in [0.15, 0.2) is 6.61 Å². The zero-order chi connectivity index (χ0) is 15.4. The van der Waals surface area contributed by atoms with Crippen LogP contribution in [0.3, 0.4) is 0 Å². The number of nitrogens with one attached hydrogen (secondary N) is 1. The van der Waals surface area contributed by atoms with Crippen LogP contribution in [0, 0.1) is 20.8 Å². The molecule has 0 saturated carbocycles. The number of hydrogen-bond donors (Lipinski definition) is 1. The first-order valence-electron chi connectivity index (χ1n) is 6.72. The highest BCUT2D eigenvalue weighted by molar-refractivity contribution is 9.10. The van der Waals surface area contributed by atoms with Crippen LogP contribution in [0.1, 0.15) is 16.7 Å². The average molecular weight is 348 g/mol. The summed E-state index contributed by atoms with van der Waals surface area (Å²) in [5, 5.41) is 2.85. The molecule has 0 aromatic heterocycles. The van der Waals surface area contributed by atoms with Crippen LogP contribution in [-0.4, -0.2) is 12.5 Å². The number of halogens is 1. The Morgan fingerprint density at radius 3 is 2.52 bits per heavy atom. The molecule has 0 saturated heterocycles. The van der Waals surface area contributed by atoms with Gasteiger partial charge in [-0.25, -0.2) is 0 Å². The zero-order valence-electron chi connectivity index (χ0n) is 12.4. The third-order valence-electron chi connectivity index (χ3n) is 3.15. The van der Waals surface area contributed by atoms with Crippen molar-refractivity contribution in [3.8, 4) is 5.75 Å². The lowest BCUT2D eigenvalue weighted by Crippen LogP contribution is -2.20. The molecule has 1 N–H and O–H groups in total. The van der Waals surface area contributed by atoms with E-state index in [0.717, 1.165) is 27.0 Å². The molecule has 1 amide bonds. The van der Waals surface area contributed by atoms with Gasteiger partial charge in [0, 0.05) is 10.2 Å². The number of benzene rings is 2. The van der Waals surface area contributed by atoms with Gasteiger partial charge in [-0.3, -0.25) is 4.79 Å².